The van der Waals surface area contributed by atoms with Gasteiger partial charge in [-0.25, -0.2) is 0 Å². The minimum atomic E-state index is -0.285. The van der Waals surface area contributed by atoms with E-state index in [0.29, 0.717) is 23.0 Å². The van der Waals surface area contributed by atoms with E-state index in [4.69, 9.17) is 4.74 Å². The Bertz CT molecular complexity index is 1360. The molecule has 2 aromatic heterocycles. The Hall–Kier alpha value is -3.39. The van der Waals surface area contributed by atoms with Crippen LogP contribution in [0.3, 0.4) is 0 Å². The largest absolute Gasteiger partial charge is 0.494 e. The first kappa shape index (κ1) is 21.8. The second-order valence-corrected chi connectivity index (χ2v) is 8.48. The number of rotatable bonds is 7. The highest BCUT2D eigenvalue weighted by Crippen LogP contribution is 2.21. The van der Waals surface area contributed by atoms with Crippen LogP contribution >= 0.6 is 11.8 Å². The number of benzene rings is 2. The molecular weight excluding hydrogens is 424 g/mol. The molecule has 0 unspecified atom stereocenters. The summed E-state index contributed by atoms with van der Waals surface area (Å²) in [6.07, 6.45) is 3.41. The number of hydrogen-bond acceptors (Lipinski definition) is 6. The average molecular weight is 449 g/mol. The Kier molecular flexibility index (Phi) is 6.14. The Morgan fingerprint density at radius 3 is 2.44 bits per heavy atom. The summed E-state index contributed by atoms with van der Waals surface area (Å²) in [7, 11) is 0. The van der Waals surface area contributed by atoms with Crippen molar-refractivity contribution in [2.75, 3.05) is 12.4 Å². The fraction of sp³-hybridized carbons (Fsp3) is 0.250. The predicted octanol–water partition coefficient (Wildman–Crippen LogP) is 4.18. The molecule has 2 aromatic carbocycles. The third kappa shape index (κ3) is 4.18. The molecule has 0 aliphatic rings. The topological polar surface area (TPSA) is 78.5 Å². The molecule has 8 heteroatoms. The van der Waals surface area contributed by atoms with Gasteiger partial charge in [0.2, 0.25) is 5.65 Å². The lowest BCUT2D eigenvalue weighted by molar-refractivity contribution is 0.102. The van der Waals surface area contributed by atoms with E-state index in [1.54, 1.807) is 16.8 Å². The molecule has 0 spiro atoms. The normalized spacial score (nSPS) is 11.1. The van der Waals surface area contributed by atoms with Gasteiger partial charge >= 0.3 is 5.56 Å². The Morgan fingerprint density at radius 1 is 1.00 bits per heavy atom. The zero-order chi connectivity index (χ0) is 22.8. The van der Waals surface area contributed by atoms with Crippen LogP contribution < -0.4 is 10.3 Å². The highest BCUT2D eigenvalue weighted by Gasteiger charge is 2.16. The lowest BCUT2D eigenvalue weighted by atomic mass is 9.99. The lowest BCUT2D eigenvalue weighted by Crippen LogP contribution is -2.20. The van der Waals surface area contributed by atoms with Gasteiger partial charge < -0.3 is 4.74 Å². The van der Waals surface area contributed by atoms with Crippen LogP contribution in [0.1, 0.15) is 34.0 Å². The fourth-order valence-corrected chi connectivity index (χ4v) is 4.31. The molecule has 0 atom stereocenters. The van der Waals surface area contributed by atoms with Crippen LogP contribution in [0, 0.1) is 20.8 Å². The molecule has 164 valence electrons. The van der Waals surface area contributed by atoms with Gasteiger partial charge in [0.05, 0.1) is 12.4 Å². The molecular formula is C24H24N4O3S. The van der Waals surface area contributed by atoms with E-state index >= 15 is 0 Å². The molecule has 7 nitrogen and oxygen atoms in total. The van der Waals surface area contributed by atoms with E-state index in [-0.39, 0.29) is 22.7 Å². The zero-order valence-electron chi connectivity index (χ0n) is 18.5. The number of Topliss-reactive ketones (excluding diaryl/α,β-unsaturated/α-hetero) is 1. The van der Waals surface area contributed by atoms with Gasteiger partial charge in [-0.05, 0) is 74.7 Å². The van der Waals surface area contributed by atoms with E-state index in [9.17, 15) is 9.59 Å². The van der Waals surface area contributed by atoms with Crippen LogP contribution in [-0.4, -0.2) is 37.3 Å². The average Bonchev–Trinajstić information content (AvgIpc) is 3.20. The quantitative estimate of drug-likeness (QED) is 0.312. The minimum absolute atomic E-state index is 0.0232. The molecule has 0 aliphatic heterocycles. The van der Waals surface area contributed by atoms with Gasteiger partial charge in [0.25, 0.3) is 0 Å². The number of thioether (sulfide) groups is 1. The van der Waals surface area contributed by atoms with Gasteiger partial charge in [0, 0.05) is 23.6 Å². The van der Waals surface area contributed by atoms with Gasteiger partial charge in [-0.2, -0.15) is 0 Å². The molecule has 0 aliphatic carbocycles. The van der Waals surface area contributed by atoms with Crippen molar-refractivity contribution < 1.29 is 9.53 Å². The summed E-state index contributed by atoms with van der Waals surface area (Å²) in [4.78, 5) is 25.7. The SMILES string of the molecule is CCOc1ccc(-n2ccn3c(SCC(=O)c4cc(C)c(C)cc4C)nnc3c2=O)cc1. The fourth-order valence-electron chi connectivity index (χ4n) is 3.51. The van der Waals surface area contributed by atoms with Crippen molar-refractivity contribution in [2.45, 2.75) is 32.9 Å². The smallest absolute Gasteiger partial charge is 0.300 e. The number of carbonyl (C=O) groups excluding carboxylic acids is 1. The number of ether oxygens (including phenoxy) is 1. The van der Waals surface area contributed by atoms with E-state index in [0.717, 1.165) is 16.9 Å². The number of ketones is 1. The third-order valence-electron chi connectivity index (χ3n) is 5.34. The molecule has 0 N–H and O–H groups in total. The van der Waals surface area contributed by atoms with Crippen LogP contribution in [0.25, 0.3) is 11.3 Å². The second kappa shape index (κ2) is 9.00. The molecule has 0 amide bonds. The Morgan fingerprint density at radius 2 is 1.72 bits per heavy atom. The number of nitrogens with zero attached hydrogens (tertiary/aromatic N) is 4. The first-order valence-corrected chi connectivity index (χ1v) is 11.3. The van der Waals surface area contributed by atoms with Crippen molar-refractivity contribution in [2.24, 2.45) is 0 Å². The summed E-state index contributed by atoms with van der Waals surface area (Å²) in [6.45, 7) is 8.48. The number of hydrogen-bond donors (Lipinski definition) is 0. The van der Waals surface area contributed by atoms with Gasteiger partial charge in [0.15, 0.2) is 10.9 Å². The van der Waals surface area contributed by atoms with E-state index in [2.05, 4.69) is 10.2 Å². The van der Waals surface area contributed by atoms with Crippen molar-refractivity contribution in [1.29, 1.82) is 0 Å². The standard InChI is InChI=1S/C24H24N4O3S/c1-5-31-19-8-6-18(7-9-19)27-10-11-28-22(23(27)30)25-26-24(28)32-14-21(29)20-13-16(3)15(2)12-17(20)4/h6-13H,5,14H2,1-4H3. The maximum absolute atomic E-state index is 13.0. The van der Waals surface area contributed by atoms with Gasteiger partial charge in [-0.3, -0.25) is 18.6 Å². The van der Waals surface area contributed by atoms with Crippen molar-refractivity contribution in [1.82, 2.24) is 19.2 Å². The summed E-state index contributed by atoms with van der Waals surface area (Å²) in [5.41, 5.74) is 4.56. The first-order chi connectivity index (χ1) is 15.4. The molecule has 4 rings (SSSR count). The predicted molar refractivity (Wildman–Crippen MR) is 125 cm³/mol. The summed E-state index contributed by atoms with van der Waals surface area (Å²) in [6, 6.07) is 11.2. The Labute approximate surface area is 190 Å². The molecule has 4 aromatic rings. The molecule has 0 saturated carbocycles. The van der Waals surface area contributed by atoms with Crippen LogP contribution in [0.2, 0.25) is 0 Å². The van der Waals surface area contributed by atoms with Gasteiger partial charge in [-0.1, -0.05) is 17.8 Å². The summed E-state index contributed by atoms with van der Waals surface area (Å²) >= 11 is 1.27. The maximum Gasteiger partial charge on any atom is 0.300 e. The minimum Gasteiger partial charge on any atom is -0.494 e. The first-order valence-electron chi connectivity index (χ1n) is 10.3. The number of aryl methyl sites for hydroxylation is 3. The second-order valence-electron chi connectivity index (χ2n) is 7.54. The Balaban J connectivity index is 1.56. The van der Waals surface area contributed by atoms with Crippen LogP contribution in [0.5, 0.6) is 5.75 Å². The van der Waals surface area contributed by atoms with Gasteiger partial charge in [-0.15, -0.1) is 10.2 Å². The summed E-state index contributed by atoms with van der Waals surface area (Å²) in [5, 5.41) is 8.71. The van der Waals surface area contributed by atoms with Crippen molar-refractivity contribution in [3.8, 4) is 11.4 Å². The molecule has 0 saturated heterocycles. The monoisotopic (exact) mass is 448 g/mol. The molecule has 0 radical (unpaired) electrons. The molecule has 2 heterocycles. The van der Waals surface area contributed by atoms with E-state index < -0.39 is 0 Å². The van der Waals surface area contributed by atoms with Crippen molar-refractivity contribution in [3.05, 3.63) is 81.4 Å². The van der Waals surface area contributed by atoms with Crippen molar-refractivity contribution in [3.63, 3.8) is 0 Å². The number of carbonyl (C=O) groups is 1. The lowest BCUT2D eigenvalue weighted by Gasteiger charge is -2.09. The van der Waals surface area contributed by atoms with Crippen LogP contribution in [-0.2, 0) is 0 Å². The number of fused-ring (bicyclic) bond motifs is 1. The highest BCUT2D eigenvalue weighted by atomic mass is 32.2. The summed E-state index contributed by atoms with van der Waals surface area (Å²) in [5.74, 6) is 0.983. The van der Waals surface area contributed by atoms with Crippen molar-refractivity contribution >= 4 is 23.2 Å². The maximum atomic E-state index is 13.0. The zero-order valence-corrected chi connectivity index (χ0v) is 19.3. The van der Waals surface area contributed by atoms with Crippen LogP contribution in [0.15, 0.2) is 58.7 Å². The summed E-state index contributed by atoms with van der Waals surface area (Å²) < 4.78 is 8.59. The van der Waals surface area contributed by atoms with Gasteiger partial charge in [0.1, 0.15) is 5.75 Å². The van der Waals surface area contributed by atoms with Crippen LogP contribution in [0.4, 0.5) is 0 Å². The molecule has 32 heavy (non-hydrogen) atoms. The number of aromatic nitrogens is 4. The van der Waals surface area contributed by atoms with E-state index in [1.807, 2.05) is 64.1 Å². The molecule has 0 bridgehead atoms. The van der Waals surface area contributed by atoms with E-state index in [1.165, 1.54) is 21.9 Å². The highest BCUT2D eigenvalue weighted by molar-refractivity contribution is 7.99. The third-order valence-corrected chi connectivity index (χ3v) is 6.28. The molecule has 0 fully saturated rings.